The molecule has 92 heavy (non-hydrogen) atoms. The second-order valence-electron chi connectivity index (χ2n) is 22.2. The molecule has 0 spiro atoms. The maximum Gasteiger partial charge on any atom is 1.00 e. The molecule has 0 fully saturated rings. The molecule has 0 aliphatic rings. The number of hydrogen-bond donors (Lipinski definition) is 5. The fraction of sp³-hybridized carbons (Fsp3) is 1.00. The van der Waals surface area contributed by atoms with Gasteiger partial charge in [0.15, 0.2) is 0 Å². The van der Waals surface area contributed by atoms with Gasteiger partial charge in [-0.1, -0.05) is 324 Å². The Morgan fingerprint density at radius 2 is 0.239 bits per heavy atom. The quantitative estimate of drug-likeness (QED) is 0.0242. The summed E-state index contributed by atoms with van der Waals surface area (Å²) in [6.07, 6.45) is 59.3. The number of rotatable bonds is 60. The van der Waals surface area contributed by atoms with E-state index in [9.17, 15) is 42.1 Å². The summed E-state index contributed by atoms with van der Waals surface area (Å²) in [6, 6.07) is 0. The van der Waals surface area contributed by atoms with E-state index in [0.29, 0.717) is 32.1 Å². The first-order chi connectivity index (χ1) is 40.3. The Morgan fingerprint density at radius 1 is 0.163 bits per heavy atom. The van der Waals surface area contributed by atoms with Crippen LogP contribution in [-0.4, -0.2) is 97.9 Å². The molecule has 0 aromatic rings. The molecular formula is C60H130Na7O20S5+7. The first kappa shape index (κ1) is 125. The van der Waals surface area contributed by atoms with Gasteiger partial charge in [-0.2, -0.15) is 42.1 Å². The number of hydrogen-bond acceptors (Lipinski definition) is 15. The van der Waals surface area contributed by atoms with Crippen molar-refractivity contribution in [3.05, 3.63) is 0 Å². The molecule has 5 N–H and O–H groups in total. The van der Waals surface area contributed by atoms with Gasteiger partial charge in [0.05, 0.1) is 33.0 Å². The van der Waals surface area contributed by atoms with E-state index in [0.717, 1.165) is 64.2 Å². The third kappa shape index (κ3) is 150. The van der Waals surface area contributed by atoms with Crippen LogP contribution in [0.1, 0.15) is 356 Å². The summed E-state index contributed by atoms with van der Waals surface area (Å²) < 4.78 is 165. The Morgan fingerprint density at radius 3 is 0.315 bits per heavy atom. The minimum Gasteiger partial charge on any atom is -0.264 e. The maximum atomic E-state index is 10.2. The predicted molar refractivity (Wildman–Crippen MR) is 347 cm³/mol. The molecule has 0 saturated heterocycles. The third-order valence-corrected chi connectivity index (χ3v) is 16.0. The largest absolute Gasteiger partial charge is 1.00 e. The van der Waals surface area contributed by atoms with Crippen LogP contribution < -0.4 is 207 Å². The molecule has 0 atom stereocenters. The fourth-order valence-corrected chi connectivity index (χ4v) is 10.4. The van der Waals surface area contributed by atoms with Gasteiger partial charge < -0.3 is 0 Å². The van der Waals surface area contributed by atoms with Crippen molar-refractivity contribution in [3.63, 3.8) is 0 Å². The normalized spacial score (nSPS) is 11.0. The van der Waals surface area contributed by atoms with Crippen LogP contribution >= 0.6 is 0 Å². The first-order valence-corrected chi connectivity index (χ1v) is 40.2. The molecule has 0 radical (unpaired) electrons. The second kappa shape index (κ2) is 97.3. The SMILES string of the molecule is CCCCCCCCCCCCOS(=O)(=O)O.CCCCCCCCCCCCOS(=O)(=O)O.CCCCCCCCCCCCOS(=O)(=O)O.CCCCCCCCCCCCOS(=O)(=O)O.CCCCCCCCCCCCOS(=O)(=O)O.[Na+].[Na+].[Na+].[Na+].[Na+].[Na+].[Na+]. The van der Waals surface area contributed by atoms with Crippen molar-refractivity contribution in [2.45, 2.75) is 356 Å². The van der Waals surface area contributed by atoms with Crippen LogP contribution in [0.2, 0.25) is 0 Å². The Bertz CT molecular complexity index is 1600. The third-order valence-electron chi connectivity index (χ3n) is 13.7. The van der Waals surface area contributed by atoms with Gasteiger partial charge in [0, 0.05) is 0 Å². The standard InChI is InChI=1S/5C12H26O4S.7Na/c5*1-2-3-4-5-6-7-8-9-10-11-12-16-17(13,14)15;;;;;;;/h5*2-12H2,1H3,(H,13,14,15);;;;;;;/q;;;;;7*+1. The zero-order valence-electron chi connectivity index (χ0n) is 61.3. The van der Waals surface area contributed by atoms with Crippen molar-refractivity contribution in [2.24, 2.45) is 0 Å². The molecule has 0 unspecified atom stereocenters. The molecule has 0 bridgehead atoms. The van der Waals surface area contributed by atoms with Crippen LogP contribution in [-0.2, 0) is 72.9 Å². The van der Waals surface area contributed by atoms with Gasteiger partial charge >= 0.3 is 259 Å². The molecule has 0 aliphatic carbocycles. The van der Waals surface area contributed by atoms with E-state index in [1.165, 1.54) is 225 Å². The first-order valence-electron chi connectivity index (χ1n) is 33.4. The molecule has 0 amide bonds. The number of unbranched alkanes of at least 4 members (excludes halogenated alkanes) is 45. The molecule has 0 aliphatic heterocycles. The molecule has 0 saturated carbocycles. The minimum atomic E-state index is -4.23. The van der Waals surface area contributed by atoms with Gasteiger partial charge in [0.2, 0.25) is 0 Å². The van der Waals surface area contributed by atoms with Crippen LogP contribution in [0.15, 0.2) is 0 Å². The van der Waals surface area contributed by atoms with Crippen LogP contribution in [0.4, 0.5) is 0 Å². The van der Waals surface area contributed by atoms with Gasteiger partial charge in [-0.25, -0.2) is 20.9 Å². The predicted octanol–water partition coefficient (Wildman–Crippen LogP) is -2.34. The Kier molecular flexibility index (Phi) is 132. The second-order valence-corrected chi connectivity index (χ2v) is 27.6. The van der Waals surface area contributed by atoms with Crippen molar-refractivity contribution in [1.29, 1.82) is 0 Å². The van der Waals surface area contributed by atoms with Crippen LogP contribution in [0, 0.1) is 0 Å². The summed E-state index contributed by atoms with van der Waals surface area (Å²) in [5.74, 6) is 0. The zero-order valence-corrected chi connectivity index (χ0v) is 79.4. The summed E-state index contributed by atoms with van der Waals surface area (Å²) in [5, 5.41) is 0. The van der Waals surface area contributed by atoms with Crippen molar-refractivity contribution < 1.29 is 293 Å². The summed E-state index contributed by atoms with van der Waals surface area (Å²) in [4.78, 5) is 0. The molecule has 0 aromatic heterocycles. The van der Waals surface area contributed by atoms with Crippen molar-refractivity contribution in [3.8, 4) is 0 Å². The monoisotopic (exact) mass is 1490 g/mol. The molecule has 0 aromatic carbocycles. The van der Waals surface area contributed by atoms with Crippen molar-refractivity contribution in [2.75, 3.05) is 33.0 Å². The Labute approximate surface area is 722 Å². The van der Waals surface area contributed by atoms with Gasteiger partial charge in [0.25, 0.3) is 0 Å². The van der Waals surface area contributed by atoms with Gasteiger partial charge in [0.1, 0.15) is 0 Å². The van der Waals surface area contributed by atoms with E-state index >= 15 is 0 Å². The fourth-order valence-electron chi connectivity index (χ4n) is 8.77. The average Bonchev–Trinajstić information content (AvgIpc) is 3.41. The Hall–Kier alpha value is 6.35. The molecule has 520 valence electrons. The smallest absolute Gasteiger partial charge is 0.264 e. The summed E-state index contributed by atoms with van der Waals surface area (Å²) >= 11 is 0. The van der Waals surface area contributed by atoms with Gasteiger partial charge in [-0.3, -0.25) is 22.8 Å². The topological polar surface area (TPSA) is 318 Å². The summed E-state index contributed by atoms with van der Waals surface area (Å²) in [7, 11) is -21.2. The molecule has 0 heterocycles. The summed E-state index contributed by atoms with van der Waals surface area (Å²) in [6.45, 7) is 11.5. The van der Waals surface area contributed by atoms with Gasteiger partial charge in [-0.05, 0) is 32.1 Å². The van der Waals surface area contributed by atoms with Crippen LogP contribution in [0.3, 0.4) is 0 Å². The molecule has 20 nitrogen and oxygen atoms in total. The average molecular weight is 1490 g/mol. The van der Waals surface area contributed by atoms with Crippen LogP contribution in [0.25, 0.3) is 0 Å². The zero-order chi connectivity index (χ0) is 64.9. The summed E-state index contributed by atoms with van der Waals surface area (Å²) in [5.41, 5.74) is 0. The maximum absolute atomic E-state index is 10.2. The van der Waals surface area contributed by atoms with E-state index in [2.05, 4.69) is 55.5 Å². The van der Waals surface area contributed by atoms with Gasteiger partial charge in [-0.15, -0.1) is 0 Å². The molecule has 0 rings (SSSR count). The van der Waals surface area contributed by atoms with E-state index < -0.39 is 52.0 Å². The van der Waals surface area contributed by atoms with E-state index in [1.807, 2.05) is 0 Å². The van der Waals surface area contributed by atoms with Crippen molar-refractivity contribution >= 4 is 52.0 Å². The Balaban J connectivity index is -0.0000000853. The van der Waals surface area contributed by atoms with E-state index in [1.54, 1.807) is 0 Å². The minimum absolute atomic E-state index is 0. The van der Waals surface area contributed by atoms with Crippen LogP contribution in [0.5, 0.6) is 0 Å². The van der Waals surface area contributed by atoms with Crippen molar-refractivity contribution in [1.82, 2.24) is 0 Å². The molecular weight excluding hydrogens is 1360 g/mol. The molecule has 32 heteroatoms. The van der Waals surface area contributed by atoms with E-state index in [-0.39, 0.29) is 240 Å². The van der Waals surface area contributed by atoms with E-state index in [4.69, 9.17) is 22.8 Å².